The van der Waals surface area contributed by atoms with Gasteiger partial charge in [-0.25, -0.2) is 0 Å². The zero-order valence-corrected chi connectivity index (χ0v) is 14.2. The van der Waals surface area contributed by atoms with Crippen LogP contribution < -0.4 is 0 Å². The van der Waals surface area contributed by atoms with Crippen molar-refractivity contribution in [3.8, 4) is 0 Å². The quantitative estimate of drug-likeness (QED) is 0.362. The minimum absolute atomic E-state index is 0.0702. The van der Waals surface area contributed by atoms with Gasteiger partial charge < -0.3 is 20.1 Å². The molecule has 0 aromatic heterocycles. The Morgan fingerprint density at radius 2 is 1.70 bits per heavy atom. The molecule has 1 aliphatic rings. The molecule has 0 saturated carbocycles. The van der Waals surface area contributed by atoms with Crippen LogP contribution >= 0.6 is 0 Å². The van der Waals surface area contributed by atoms with E-state index >= 15 is 0 Å². The number of carbonyl (C=O) groups is 1. The first-order chi connectivity index (χ1) is 11.0. The van der Waals surface area contributed by atoms with Crippen LogP contribution in [0.3, 0.4) is 0 Å². The highest BCUT2D eigenvalue weighted by Gasteiger charge is 2.25. The second kappa shape index (κ2) is 11.6. The van der Waals surface area contributed by atoms with Crippen molar-refractivity contribution in [1.82, 2.24) is 0 Å². The molecule has 0 amide bonds. The molecule has 1 heterocycles. The second-order valence-corrected chi connectivity index (χ2v) is 6.47. The van der Waals surface area contributed by atoms with E-state index < -0.39 is 30.4 Å². The summed E-state index contributed by atoms with van der Waals surface area (Å²) in [6.07, 6.45) is 8.23. The molecule has 0 aliphatic carbocycles. The number of esters is 1. The number of cyclic esters (lactones) is 1. The van der Waals surface area contributed by atoms with Gasteiger partial charge in [0.25, 0.3) is 0 Å². The Morgan fingerprint density at radius 1 is 1.04 bits per heavy atom. The highest BCUT2D eigenvalue weighted by molar-refractivity contribution is 5.70. The van der Waals surface area contributed by atoms with E-state index in [1.807, 2.05) is 0 Å². The van der Waals surface area contributed by atoms with Crippen LogP contribution in [0, 0.1) is 0 Å². The van der Waals surface area contributed by atoms with Crippen molar-refractivity contribution in [2.24, 2.45) is 0 Å². The molecule has 0 aromatic rings. The van der Waals surface area contributed by atoms with Crippen LogP contribution in [0.25, 0.3) is 0 Å². The van der Waals surface area contributed by atoms with Crippen molar-refractivity contribution in [3.63, 3.8) is 0 Å². The number of rotatable bonds is 8. The molecule has 0 saturated heterocycles. The Bertz CT molecular complexity index is 355. The normalized spacial score (nSPS) is 29.3. The largest absolute Gasteiger partial charge is 0.459 e. The summed E-state index contributed by atoms with van der Waals surface area (Å²) in [5.41, 5.74) is 0. The fourth-order valence-corrected chi connectivity index (χ4v) is 2.82. The summed E-state index contributed by atoms with van der Waals surface area (Å²) in [5, 5.41) is 29.5. The molecule has 1 rings (SSSR count). The summed E-state index contributed by atoms with van der Waals surface area (Å²) < 4.78 is 5.31. The van der Waals surface area contributed by atoms with Gasteiger partial charge in [-0.2, -0.15) is 0 Å². The molecule has 4 atom stereocenters. The molecule has 0 spiro atoms. The number of hydrogen-bond donors (Lipinski definition) is 3. The average molecular weight is 328 g/mol. The van der Waals surface area contributed by atoms with Crippen molar-refractivity contribution >= 4 is 5.97 Å². The van der Waals surface area contributed by atoms with Gasteiger partial charge in [0.1, 0.15) is 12.2 Å². The molecule has 0 fully saturated rings. The third kappa shape index (κ3) is 9.08. The maximum atomic E-state index is 11.8. The van der Waals surface area contributed by atoms with Crippen LogP contribution in [0.1, 0.15) is 71.1 Å². The van der Waals surface area contributed by atoms with Crippen LogP contribution in [-0.4, -0.2) is 45.7 Å². The Kier molecular flexibility index (Phi) is 10.2. The standard InChI is InChI=1S/C18H32O5/c1-2-3-4-5-6-7-8-9-17-16(21)11-10-14(19)12-15(20)13-18(22)23-17/h10-11,14-17,19-21H,2-9,12-13H2,1H3. The zero-order valence-electron chi connectivity index (χ0n) is 14.2. The Hall–Kier alpha value is -0.910. The van der Waals surface area contributed by atoms with Gasteiger partial charge in [0.2, 0.25) is 0 Å². The highest BCUT2D eigenvalue weighted by atomic mass is 16.6. The Labute approximate surface area is 139 Å². The number of unbranched alkanes of at least 4 members (excludes halogenated alkanes) is 6. The van der Waals surface area contributed by atoms with Gasteiger partial charge in [-0.15, -0.1) is 0 Å². The summed E-state index contributed by atoms with van der Waals surface area (Å²) in [7, 11) is 0. The van der Waals surface area contributed by atoms with E-state index in [0.717, 1.165) is 19.3 Å². The van der Waals surface area contributed by atoms with Crippen LogP contribution in [-0.2, 0) is 9.53 Å². The monoisotopic (exact) mass is 328 g/mol. The Balaban J connectivity index is 2.41. The molecule has 3 N–H and O–H groups in total. The molecule has 134 valence electrons. The molecular formula is C18H32O5. The summed E-state index contributed by atoms with van der Waals surface area (Å²) in [6.45, 7) is 2.19. The maximum absolute atomic E-state index is 11.8. The van der Waals surface area contributed by atoms with Gasteiger partial charge >= 0.3 is 5.97 Å². The summed E-state index contributed by atoms with van der Waals surface area (Å²) in [4.78, 5) is 11.8. The van der Waals surface area contributed by atoms with Crippen molar-refractivity contribution in [2.75, 3.05) is 0 Å². The highest BCUT2D eigenvalue weighted by Crippen LogP contribution is 2.17. The van der Waals surface area contributed by atoms with E-state index in [9.17, 15) is 20.1 Å². The SMILES string of the molecule is CCCCCCCCCC1OC(=O)CC(O)CC(O)C=CC1O. The van der Waals surface area contributed by atoms with Crippen molar-refractivity contribution in [1.29, 1.82) is 0 Å². The molecule has 0 radical (unpaired) electrons. The number of carbonyl (C=O) groups excluding carboxylic acids is 1. The molecule has 0 bridgehead atoms. The van der Waals surface area contributed by atoms with E-state index in [0.29, 0.717) is 6.42 Å². The lowest BCUT2D eigenvalue weighted by molar-refractivity contribution is -0.156. The first-order valence-electron chi connectivity index (χ1n) is 8.95. The van der Waals surface area contributed by atoms with Gasteiger partial charge in [0.15, 0.2) is 0 Å². The molecule has 5 heteroatoms. The first kappa shape index (κ1) is 20.1. The lowest BCUT2D eigenvalue weighted by Gasteiger charge is -2.24. The lowest BCUT2D eigenvalue weighted by atomic mass is 10.0. The van der Waals surface area contributed by atoms with Gasteiger partial charge in [-0.1, -0.05) is 57.6 Å². The van der Waals surface area contributed by atoms with Crippen molar-refractivity contribution in [2.45, 2.75) is 95.5 Å². The molecule has 5 nitrogen and oxygen atoms in total. The summed E-state index contributed by atoms with van der Waals surface area (Å²) >= 11 is 0. The predicted molar refractivity (Wildman–Crippen MR) is 88.9 cm³/mol. The minimum atomic E-state index is -0.920. The third-order valence-corrected chi connectivity index (χ3v) is 4.20. The van der Waals surface area contributed by atoms with Gasteiger partial charge in [-0.05, 0) is 12.8 Å². The fourth-order valence-electron chi connectivity index (χ4n) is 2.82. The zero-order chi connectivity index (χ0) is 17.1. The third-order valence-electron chi connectivity index (χ3n) is 4.20. The summed E-state index contributed by atoms with van der Waals surface area (Å²) in [5.74, 6) is -0.521. The average Bonchev–Trinajstić information content (AvgIpc) is 2.49. The van der Waals surface area contributed by atoms with Crippen molar-refractivity contribution in [3.05, 3.63) is 12.2 Å². The van der Waals surface area contributed by atoms with E-state index in [1.165, 1.54) is 37.8 Å². The topological polar surface area (TPSA) is 87.0 Å². The molecule has 1 aliphatic heterocycles. The van der Waals surface area contributed by atoms with Crippen LogP contribution in [0.2, 0.25) is 0 Å². The van der Waals surface area contributed by atoms with Crippen LogP contribution in [0.4, 0.5) is 0 Å². The first-order valence-corrected chi connectivity index (χ1v) is 8.95. The predicted octanol–water partition coefficient (Wildman–Crippen LogP) is 2.47. The van der Waals surface area contributed by atoms with Crippen LogP contribution in [0.15, 0.2) is 12.2 Å². The molecule has 23 heavy (non-hydrogen) atoms. The number of aliphatic hydroxyl groups is 3. The van der Waals surface area contributed by atoms with Gasteiger partial charge in [0, 0.05) is 6.42 Å². The van der Waals surface area contributed by atoms with Crippen molar-refractivity contribution < 1.29 is 24.9 Å². The van der Waals surface area contributed by atoms with Gasteiger partial charge in [-0.3, -0.25) is 4.79 Å². The fraction of sp³-hybridized carbons (Fsp3) is 0.833. The van der Waals surface area contributed by atoms with Crippen LogP contribution in [0.5, 0.6) is 0 Å². The molecule has 4 unspecified atom stereocenters. The van der Waals surface area contributed by atoms with E-state index in [4.69, 9.17) is 4.74 Å². The second-order valence-electron chi connectivity index (χ2n) is 6.47. The summed E-state index contributed by atoms with van der Waals surface area (Å²) in [6, 6.07) is 0. The lowest BCUT2D eigenvalue weighted by Crippen LogP contribution is -2.33. The molecular weight excluding hydrogens is 296 g/mol. The number of ether oxygens (including phenoxy) is 1. The minimum Gasteiger partial charge on any atom is -0.459 e. The molecule has 0 aromatic carbocycles. The number of hydrogen-bond acceptors (Lipinski definition) is 5. The maximum Gasteiger partial charge on any atom is 0.308 e. The van der Waals surface area contributed by atoms with Gasteiger partial charge in [0.05, 0.1) is 18.6 Å². The van der Waals surface area contributed by atoms with E-state index in [1.54, 1.807) is 0 Å². The van der Waals surface area contributed by atoms with E-state index in [2.05, 4.69) is 6.92 Å². The smallest absolute Gasteiger partial charge is 0.308 e. The number of aliphatic hydroxyl groups excluding tert-OH is 3. The Morgan fingerprint density at radius 3 is 2.39 bits per heavy atom. The van der Waals surface area contributed by atoms with E-state index in [-0.39, 0.29) is 12.8 Å².